The number of para-hydroxylation sites is 1. The Morgan fingerprint density at radius 2 is 1.78 bits per heavy atom. The topological polar surface area (TPSA) is 37.5 Å². The summed E-state index contributed by atoms with van der Waals surface area (Å²) in [5.74, 6) is 0. The maximum Gasteiger partial charge on any atom is 0.0837 e. The summed E-state index contributed by atoms with van der Waals surface area (Å²) >= 11 is 0. The van der Waals surface area contributed by atoms with E-state index in [0.29, 0.717) is 5.71 Å². The molecule has 3 rings (SSSR count). The van der Waals surface area contributed by atoms with E-state index in [1.54, 1.807) is 6.92 Å². The van der Waals surface area contributed by atoms with Gasteiger partial charge in [-0.3, -0.25) is 0 Å². The molecule has 0 radical (unpaired) electrons. The van der Waals surface area contributed by atoms with Gasteiger partial charge in [0.2, 0.25) is 0 Å². The van der Waals surface area contributed by atoms with E-state index in [4.69, 9.17) is 5.21 Å². The van der Waals surface area contributed by atoms with Crippen molar-refractivity contribution < 1.29 is 5.21 Å². The first-order valence-corrected chi connectivity index (χ1v) is 5.88. The predicted molar refractivity (Wildman–Crippen MR) is 74.4 cm³/mol. The van der Waals surface area contributed by atoms with Crippen LogP contribution in [0.2, 0.25) is 0 Å². The van der Waals surface area contributed by atoms with Crippen molar-refractivity contribution in [3.63, 3.8) is 0 Å². The lowest BCUT2D eigenvalue weighted by Crippen LogP contribution is -1.94. The highest BCUT2D eigenvalue weighted by molar-refractivity contribution is 6.11. The van der Waals surface area contributed by atoms with Gasteiger partial charge in [-0.05, 0) is 30.7 Å². The fourth-order valence-corrected chi connectivity index (χ4v) is 2.45. The van der Waals surface area contributed by atoms with E-state index < -0.39 is 0 Å². The molecule has 3 aromatic rings. The molecule has 0 unspecified atom stereocenters. The van der Waals surface area contributed by atoms with Crippen molar-refractivity contribution >= 4 is 27.5 Å². The van der Waals surface area contributed by atoms with Crippen LogP contribution in [-0.2, 0) is 7.05 Å². The van der Waals surface area contributed by atoms with Gasteiger partial charge in [-0.1, -0.05) is 29.4 Å². The zero-order valence-corrected chi connectivity index (χ0v) is 10.4. The molecular weight excluding hydrogens is 224 g/mol. The minimum absolute atomic E-state index is 0.629. The summed E-state index contributed by atoms with van der Waals surface area (Å²) in [6.45, 7) is 1.80. The Balaban J connectivity index is 2.43. The molecule has 1 aromatic heterocycles. The van der Waals surface area contributed by atoms with Crippen molar-refractivity contribution in [3.05, 3.63) is 48.0 Å². The van der Waals surface area contributed by atoms with Gasteiger partial charge in [-0.2, -0.15) is 0 Å². The van der Waals surface area contributed by atoms with Gasteiger partial charge in [-0.15, -0.1) is 0 Å². The smallest absolute Gasteiger partial charge is 0.0837 e. The zero-order chi connectivity index (χ0) is 12.7. The highest BCUT2D eigenvalue weighted by atomic mass is 16.4. The largest absolute Gasteiger partial charge is 0.411 e. The molecule has 0 bridgehead atoms. The fourth-order valence-electron chi connectivity index (χ4n) is 2.45. The van der Waals surface area contributed by atoms with Crippen molar-refractivity contribution in [1.29, 1.82) is 0 Å². The van der Waals surface area contributed by atoms with Crippen molar-refractivity contribution in [2.45, 2.75) is 6.92 Å². The highest BCUT2D eigenvalue weighted by Crippen LogP contribution is 2.28. The Kier molecular flexibility index (Phi) is 2.33. The molecule has 18 heavy (non-hydrogen) atoms. The van der Waals surface area contributed by atoms with E-state index in [2.05, 4.69) is 41.0 Å². The van der Waals surface area contributed by atoms with Gasteiger partial charge in [0.1, 0.15) is 0 Å². The maximum absolute atomic E-state index is 8.86. The first-order chi connectivity index (χ1) is 8.72. The summed E-state index contributed by atoms with van der Waals surface area (Å²) < 4.78 is 2.18. The molecule has 0 spiro atoms. The number of aromatic nitrogens is 1. The lowest BCUT2D eigenvalue weighted by atomic mass is 10.1. The Morgan fingerprint density at radius 1 is 1.06 bits per heavy atom. The maximum atomic E-state index is 8.86. The second-order valence-electron chi connectivity index (χ2n) is 4.49. The summed E-state index contributed by atoms with van der Waals surface area (Å²) in [4.78, 5) is 0. The van der Waals surface area contributed by atoms with Crippen LogP contribution in [0.3, 0.4) is 0 Å². The van der Waals surface area contributed by atoms with Gasteiger partial charge >= 0.3 is 0 Å². The van der Waals surface area contributed by atoms with Crippen LogP contribution in [-0.4, -0.2) is 15.5 Å². The molecule has 3 nitrogen and oxygen atoms in total. The molecule has 1 N–H and O–H groups in total. The normalized spacial score (nSPS) is 12.4. The molecule has 3 heteroatoms. The van der Waals surface area contributed by atoms with Crippen LogP contribution in [0.1, 0.15) is 12.5 Å². The molecule has 90 valence electrons. The number of fused-ring (bicyclic) bond motifs is 3. The molecule has 0 amide bonds. The van der Waals surface area contributed by atoms with Crippen molar-refractivity contribution in [3.8, 4) is 0 Å². The minimum Gasteiger partial charge on any atom is -0.411 e. The third-order valence-electron chi connectivity index (χ3n) is 3.48. The second-order valence-corrected chi connectivity index (χ2v) is 4.49. The molecule has 0 fully saturated rings. The molecule has 1 heterocycles. The van der Waals surface area contributed by atoms with Crippen LogP contribution in [0.4, 0.5) is 0 Å². The number of hydrogen-bond acceptors (Lipinski definition) is 2. The SMILES string of the molecule is C/C(=N\O)c1ccc2c(c1)c1ccccc1n2C. The van der Waals surface area contributed by atoms with Crippen molar-refractivity contribution in [1.82, 2.24) is 4.57 Å². The third kappa shape index (κ3) is 1.40. The first kappa shape index (κ1) is 10.8. The lowest BCUT2D eigenvalue weighted by molar-refractivity contribution is 0.319. The van der Waals surface area contributed by atoms with Crippen LogP contribution >= 0.6 is 0 Å². The Labute approximate surface area is 105 Å². The second kappa shape index (κ2) is 3.88. The molecule has 0 aliphatic carbocycles. The van der Waals surface area contributed by atoms with E-state index in [1.165, 1.54) is 21.8 Å². The lowest BCUT2D eigenvalue weighted by Gasteiger charge is -2.00. The molecule has 0 saturated heterocycles. The summed E-state index contributed by atoms with van der Waals surface area (Å²) in [6.07, 6.45) is 0. The van der Waals surface area contributed by atoms with Gasteiger partial charge < -0.3 is 9.77 Å². The number of nitrogens with zero attached hydrogens (tertiary/aromatic N) is 2. The summed E-state index contributed by atoms with van der Waals surface area (Å²) in [5.41, 5.74) is 3.97. The van der Waals surface area contributed by atoms with Crippen LogP contribution in [0.15, 0.2) is 47.6 Å². The van der Waals surface area contributed by atoms with Crippen LogP contribution in [0.5, 0.6) is 0 Å². The molecular formula is C15H14N2O. The quantitative estimate of drug-likeness (QED) is 0.393. The number of hydrogen-bond donors (Lipinski definition) is 1. The van der Waals surface area contributed by atoms with Gasteiger partial charge in [0.05, 0.1) is 5.71 Å². The number of aryl methyl sites for hydroxylation is 1. The standard InChI is InChI=1S/C15H14N2O/c1-10(16-18)11-7-8-15-13(9-11)12-5-3-4-6-14(12)17(15)2/h3-9,18H,1-2H3/b16-10+. The van der Waals surface area contributed by atoms with E-state index in [-0.39, 0.29) is 0 Å². The number of oxime groups is 1. The predicted octanol–water partition coefficient (Wildman–Crippen LogP) is 3.53. The van der Waals surface area contributed by atoms with Crippen molar-refractivity contribution in [2.24, 2.45) is 12.2 Å². The van der Waals surface area contributed by atoms with Gasteiger partial charge in [0, 0.05) is 28.9 Å². The van der Waals surface area contributed by atoms with Gasteiger partial charge in [0.15, 0.2) is 0 Å². The van der Waals surface area contributed by atoms with E-state index in [0.717, 1.165) is 5.56 Å². The van der Waals surface area contributed by atoms with E-state index in [9.17, 15) is 0 Å². The average molecular weight is 238 g/mol. The summed E-state index contributed by atoms with van der Waals surface area (Å²) in [6, 6.07) is 14.4. The van der Waals surface area contributed by atoms with E-state index in [1.807, 2.05) is 18.2 Å². The Morgan fingerprint density at radius 3 is 2.56 bits per heavy atom. The molecule has 2 aromatic carbocycles. The molecule has 0 atom stereocenters. The monoisotopic (exact) mass is 238 g/mol. The summed E-state index contributed by atoms with van der Waals surface area (Å²) in [5, 5.41) is 14.5. The number of rotatable bonds is 1. The van der Waals surface area contributed by atoms with Crippen molar-refractivity contribution in [2.75, 3.05) is 0 Å². The molecule has 0 aliphatic heterocycles. The Hall–Kier alpha value is -2.29. The van der Waals surface area contributed by atoms with Crippen LogP contribution < -0.4 is 0 Å². The minimum atomic E-state index is 0.629. The number of benzene rings is 2. The molecule has 0 aliphatic rings. The van der Waals surface area contributed by atoms with Gasteiger partial charge in [0.25, 0.3) is 0 Å². The van der Waals surface area contributed by atoms with E-state index >= 15 is 0 Å². The summed E-state index contributed by atoms with van der Waals surface area (Å²) in [7, 11) is 2.07. The highest BCUT2D eigenvalue weighted by Gasteiger charge is 2.08. The fraction of sp³-hybridized carbons (Fsp3) is 0.133. The molecule has 0 saturated carbocycles. The van der Waals surface area contributed by atoms with Crippen LogP contribution in [0.25, 0.3) is 21.8 Å². The third-order valence-corrected chi connectivity index (χ3v) is 3.48. The van der Waals surface area contributed by atoms with Gasteiger partial charge in [-0.25, -0.2) is 0 Å². The van der Waals surface area contributed by atoms with Crippen LogP contribution in [0, 0.1) is 0 Å². The zero-order valence-electron chi connectivity index (χ0n) is 10.4. The first-order valence-electron chi connectivity index (χ1n) is 5.88. The average Bonchev–Trinajstić information content (AvgIpc) is 2.72. The Bertz CT molecular complexity index is 769.